The molecular weight excluding hydrogens is 198 g/mol. The number of nitrogens with one attached hydrogen (secondary N) is 2. The van der Waals surface area contributed by atoms with Crippen LogP contribution >= 0.6 is 0 Å². The molecule has 0 bridgehead atoms. The molecule has 0 fully saturated rings. The van der Waals surface area contributed by atoms with Crippen LogP contribution in [-0.4, -0.2) is 42.7 Å². The number of carbonyl (C=O) groups excluding carboxylic acids is 2. The lowest BCUT2D eigenvalue weighted by Crippen LogP contribution is -2.39. The summed E-state index contributed by atoms with van der Waals surface area (Å²) in [6.45, 7) is 2.03. The van der Waals surface area contributed by atoms with E-state index < -0.39 is 0 Å². The van der Waals surface area contributed by atoms with E-state index in [4.69, 9.17) is 10.8 Å². The van der Waals surface area contributed by atoms with Crippen molar-refractivity contribution in [1.82, 2.24) is 10.6 Å². The van der Waals surface area contributed by atoms with Crippen molar-refractivity contribution in [3.63, 3.8) is 0 Å². The number of hydrogen-bond acceptors (Lipinski definition) is 4. The minimum Gasteiger partial charge on any atom is -0.393 e. The van der Waals surface area contributed by atoms with Crippen molar-refractivity contribution in [3.8, 4) is 0 Å². The second-order valence-corrected chi connectivity index (χ2v) is 3.32. The van der Waals surface area contributed by atoms with Crippen LogP contribution in [0.1, 0.15) is 19.8 Å². The molecule has 0 saturated carbocycles. The van der Waals surface area contributed by atoms with Crippen molar-refractivity contribution in [2.24, 2.45) is 5.73 Å². The number of aliphatic hydroxyl groups is 1. The Kier molecular flexibility index (Phi) is 7.57. The van der Waals surface area contributed by atoms with Crippen molar-refractivity contribution in [1.29, 1.82) is 0 Å². The minimum absolute atomic E-state index is 0.0509. The molecule has 15 heavy (non-hydrogen) atoms. The first-order chi connectivity index (χ1) is 7.06. The van der Waals surface area contributed by atoms with Crippen LogP contribution in [0.3, 0.4) is 0 Å². The van der Waals surface area contributed by atoms with Crippen LogP contribution in [-0.2, 0) is 9.59 Å². The molecule has 0 aliphatic rings. The van der Waals surface area contributed by atoms with Crippen molar-refractivity contribution in [3.05, 3.63) is 0 Å². The average molecular weight is 217 g/mol. The van der Waals surface area contributed by atoms with Crippen LogP contribution in [0, 0.1) is 0 Å². The van der Waals surface area contributed by atoms with Gasteiger partial charge in [0, 0.05) is 6.54 Å². The van der Waals surface area contributed by atoms with E-state index in [-0.39, 0.29) is 31.0 Å². The molecule has 0 saturated heterocycles. The van der Waals surface area contributed by atoms with E-state index in [0.717, 1.165) is 0 Å². The first-order valence-corrected chi connectivity index (χ1v) is 4.97. The Hall–Kier alpha value is -1.14. The monoisotopic (exact) mass is 217 g/mol. The van der Waals surface area contributed by atoms with E-state index in [1.54, 1.807) is 6.92 Å². The maximum atomic E-state index is 11.1. The van der Waals surface area contributed by atoms with Gasteiger partial charge >= 0.3 is 0 Å². The van der Waals surface area contributed by atoms with Crippen molar-refractivity contribution < 1.29 is 14.7 Å². The standard InChI is InChI=1S/C9H19N3O3/c1-7(13)3-2-4-11-9(15)6-12-8(14)5-10/h7,13H,2-6,10H2,1H3,(H,11,15)(H,12,14). The molecule has 0 aromatic carbocycles. The molecule has 1 atom stereocenters. The highest BCUT2D eigenvalue weighted by molar-refractivity contribution is 5.85. The number of nitrogens with two attached hydrogens (primary N) is 1. The number of rotatable bonds is 7. The predicted molar refractivity (Wildman–Crippen MR) is 56.0 cm³/mol. The SMILES string of the molecule is CC(O)CCCNC(=O)CNC(=O)CN. The first kappa shape index (κ1) is 13.9. The molecule has 1 unspecified atom stereocenters. The third-order valence-electron chi connectivity index (χ3n) is 1.75. The van der Waals surface area contributed by atoms with Crippen molar-refractivity contribution >= 4 is 11.8 Å². The molecule has 88 valence electrons. The second-order valence-electron chi connectivity index (χ2n) is 3.32. The fourth-order valence-corrected chi connectivity index (χ4v) is 0.939. The zero-order valence-corrected chi connectivity index (χ0v) is 8.95. The molecule has 2 amide bonds. The summed E-state index contributed by atoms with van der Waals surface area (Å²) >= 11 is 0. The molecule has 0 aliphatic carbocycles. The van der Waals surface area contributed by atoms with Crippen molar-refractivity contribution in [2.75, 3.05) is 19.6 Å². The predicted octanol–water partition coefficient (Wildman–Crippen LogP) is -1.66. The summed E-state index contributed by atoms with van der Waals surface area (Å²) in [4.78, 5) is 21.8. The fourth-order valence-electron chi connectivity index (χ4n) is 0.939. The molecule has 0 rings (SSSR count). The zero-order valence-electron chi connectivity index (χ0n) is 8.95. The van der Waals surface area contributed by atoms with Gasteiger partial charge in [0.15, 0.2) is 0 Å². The highest BCUT2D eigenvalue weighted by Crippen LogP contribution is 1.92. The van der Waals surface area contributed by atoms with Crippen LogP contribution in [0.25, 0.3) is 0 Å². The van der Waals surface area contributed by atoms with Gasteiger partial charge in [-0.15, -0.1) is 0 Å². The molecule has 0 radical (unpaired) electrons. The van der Waals surface area contributed by atoms with Gasteiger partial charge < -0.3 is 21.5 Å². The first-order valence-electron chi connectivity index (χ1n) is 4.97. The maximum absolute atomic E-state index is 11.1. The Morgan fingerprint density at radius 2 is 2.00 bits per heavy atom. The Balaban J connectivity index is 3.37. The largest absolute Gasteiger partial charge is 0.393 e. The molecular formula is C9H19N3O3. The molecule has 6 heteroatoms. The second kappa shape index (κ2) is 8.19. The van der Waals surface area contributed by atoms with Gasteiger partial charge in [-0.05, 0) is 19.8 Å². The molecule has 6 nitrogen and oxygen atoms in total. The normalized spacial score (nSPS) is 11.9. The lowest BCUT2D eigenvalue weighted by atomic mass is 10.2. The lowest BCUT2D eigenvalue weighted by molar-refractivity contribution is -0.125. The molecule has 0 spiro atoms. The Labute approximate surface area is 89.2 Å². The minimum atomic E-state index is -0.353. The Bertz CT molecular complexity index is 207. The summed E-state index contributed by atoms with van der Waals surface area (Å²) in [5.74, 6) is -0.600. The highest BCUT2D eigenvalue weighted by Gasteiger charge is 2.03. The van der Waals surface area contributed by atoms with Gasteiger partial charge in [-0.3, -0.25) is 9.59 Å². The summed E-state index contributed by atoms with van der Waals surface area (Å²) in [5, 5.41) is 13.9. The topological polar surface area (TPSA) is 104 Å². The van der Waals surface area contributed by atoms with E-state index in [0.29, 0.717) is 19.4 Å². The molecule has 0 heterocycles. The van der Waals surface area contributed by atoms with Crippen LogP contribution < -0.4 is 16.4 Å². The number of hydrogen-bond donors (Lipinski definition) is 4. The molecule has 0 aliphatic heterocycles. The van der Waals surface area contributed by atoms with Crippen LogP contribution in [0.4, 0.5) is 0 Å². The van der Waals surface area contributed by atoms with Crippen LogP contribution in [0.5, 0.6) is 0 Å². The van der Waals surface area contributed by atoms with Gasteiger partial charge in [-0.2, -0.15) is 0 Å². The summed E-state index contributed by atoms with van der Waals surface area (Å²) in [5.41, 5.74) is 5.04. The molecule has 0 aromatic heterocycles. The Morgan fingerprint density at radius 3 is 2.53 bits per heavy atom. The quantitative estimate of drug-likeness (QED) is 0.383. The summed E-state index contributed by atoms with van der Waals surface area (Å²) in [7, 11) is 0. The van der Waals surface area contributed by atoms with Gasteiger partial charge in [0.2, 0.25) is 11.8 Å². The van der Waals surface area contributed by atoms with Gasteiger partial charge in [-0.1, -0.05) is 0 Å². The average Bonchev–Trinajstić information content (AvgIpc) is 2.20. The number of amides is 2. The van der Waals surface area contributed by atoms with Gasteiger partial charge in [0.1, 0.15) is 0 Å². The molecule has 0 aromatic rings. The van der Waals surface area contributed by atoms with E-state index in [1.165, 1.54) is 0 Å². The summed E-state index contributed by atoms with van der Waals surface area (Å²) < 4.78 is 0. The molecule has 5 N–H and O–H groups in total. The van der Waals surface area contributed by atoms with E-state index in [1.807, 2.05) is 0 Å². The number of carbonyl (C=O) groups is 2. The van der Waals surface area contributed by atoms with E-state index >= 15 is 0 Å². The smallest absolute Gasteiger partial charge is 0.239 e. The van der Waals surface area contributed by atoms with E-state index in [2.05, 4.69) is 10.6 Å². The zero-order chi connectivity index (χ0) is 11.7. The lowest BCUT2D eigenvalue weighted by Gasteiger charge is -2.07. The third kappa shape index (κ3) is 9.17. The highest BCUT2D eigenvalue weighted by atomic mass is 16.3. The van der Waals surface area contributed by atoms with Crippen molar-refractivity contribution in [2.45, 2.75) is 25.9 Å². The van der Waals surface area contributed by atoms with E-state index in [9.17, 15) is 9.59 Å². The fraction of sp³-hybridized carbons (Fsp3) is 0.778. The van der Waals surface area contributed by atoms with Gasteiger partial charge in [0.25, 0.3) is 0 Å². The van der Waals surface area contributed by atoms with Gasteiger partial charge in [-0.25, -0.2) is 0 Å². The number of aliphatic hydroxyl groups excluding tert-OH is 1. The van der Waals surface area contributed by atoms with Crippen LogP contribution in [0.2, 0.25) is 0 Å². The van der Waals surface area contributed by atoms with Gasteiger partial charge in [0.05, 0.1) is 19.2 Å². The third-order valence-corrected chi connectivity index (χ3v) is 1.75. The summed E-state index contributed by atoms with van der Waals surface area (Å²) in [6, 6.07) is 0. The summed E-state index contributed by atoms with van der Waals surface area (Å²) in [6.07, 6.45) is 1.02. The Morgan fingerprint density at radius 1 is 1.33 bits per heavy atom. The maximum Gasteiger partial charge on any atom is 0.239 e. The van der Waals surface area contributed by atoms with Crippen LogP contribution in [0.15, 0.2) is 0 Å².